The van der Waals surface area contributed by atoms with E-state index in [0.717, 1.165) is 0 Å². The average Bonchev–Trinajstić information content (AvgIpc) is 3.31. The van der Waals surface area contributed by atoms with Gasteiger partial charge in [0.05, 0.1) is 38.1 Å². The molecule has 2 rings (SSSR count). The van der Waals surface area contributed by atoms with Crippen molar-refractivity contribution in [3.63, 3.8) is 0 Å². The van der Waals surface area contributed by atoms with Crippen molar-refractivity contribution in [2.24, 2.45) is 16.6 Å². The number of nitrogens with two attached hydrogens (primary N) is 1. The summed E-state index contributed by atoms with van der Waals surface area (Å²) in [6.07, 6.45) is 0. The lowest BCUT2D eigenvalue weighted by Crippen LogP contribution is -2.20. The van der Waals surface area contributed by atoms with Crippen LogP contribution >= 0.6 is 0 Å². The normalized spacial score (nSPS) is 21.5. The van der Waals surface area contributed by atoms with E-state index in [2.05, 4.69) is 0 Å². The Hall–Kier alpha value is -4.19. The smallest absolute Gasteiger partial charge is 0.177 e. The van der Waals surface area contributed by atoms with E-state index >= 15 is 0 Å². The first-order valence-corrected chi connectivity index (χ1v) is 7.24. The Morgan fingerprint density at radius 3 is 1.96 bits per heavy atom. The van der Waals surface area contributed by atoms with E-state index in [1.807, 2.05) is 18.2 Å². The van der Waals surface area contributed by atoms with Gasteiger partial charge in [0.2, 0.25) is 0 Å². The first-order valence-electron chi connectivity index (χ1n) is 7.24. The summed E-state index contributed by atoms with van der Waals surface area (Å²) >= 11 is 0. The molecular weight excluding hydrogens is 332 g/mol. The molecule has 0 spiro atoms. The molecule has 0 unspecified atom stereocenters. The summed E-state index contributed by atoms with van der Waals surface area (Å²) in [6, 6.07) is 13.5. The molecule has 2 N–H and O–H groups in total. The molecule has 1 aromatic carbocycles. The number of allylic oxidation sites excluding steroid dienone is 2. The SMILES string of the molecule is COc1ccc([C@@H]2C(C#N)(C#N)[C@@]2(C#N)C(N)=C(C#N)C#N)cc1OC. The summed E-state index contributed by atoms with van der Waals surface area (Å²) in [4.78, 5) is 0. The maximum atomic E-state index is 9.78. The third-order valence-electron chi connectivity index (χ3n) is 4.59. The maximum Gasteiger partial charge on any atom is 0.177 e. The van der Waals surface area contributed by atoms with E-state index in [9.17, 15) is 15.8 Å². The van der Waals surface area contributed by atoms with E-state index in [1.165, 1.54) is 20.3 Å². The second-order valence-corrected chi connectivity index (χ2v) is 5.51. The highest BCUT2D eigenvalue weighted by molar-refractivity contribution is 5.64. The monoisotopic (exact) mass is 344 g/mol. The second kappa shape index (κ2) is 6.37. The molecule has 26 heavy (non-hydrogen) atoms. The van der Waals surface area contributed by atoms with E-state index in [-0.39, 0.29) is 5.70 Å². The summed E-state index contributed by atoms with van der Waals surface area (Å²) in [6.45, 7) is 0. The lowest BCUT2D eigenvalue weighted by Gasteiger charge is -2.11. The van der Waals surface area contributed by atoms with Crippen LogP contribution in [0.1, 0.15) is 11.5 Å². The molecule has 8 heteroatoms. The van der Waals surface area contributed by atoms with Gasteiger partial charge in [0.1, 0.15) is 23.1 Å². The highest BCUT2D eigenvalue weighted by Gasteiger charge is 2.82. The fraction of sp³-hybridized carbons (Fsp3) is 0.278. The van der Waals surface area contributed by atoms with Crippen LogP contribution in [-0.4, -0.2) is 14.2 Å². The van der Waals surface area contributed by atoms with Gasteiger partial charge in [-0.2, -0.15) is 26.3 Å². The summed E-state index contributed by atoms with van der Waals surface area (Å²) < 4.78 is 10.4. The van der Waals surface area contributed by atoms with Gasteiger partial charge in [-0.25, -0.2) is 0 Å². The number of rotatable bonds is 4. The molecule has 0 radical (unpaired) electrons. The van der Waals surface area contributed by atoms with Crippen LogP contribution in [0.4, 0.5) is 0 Å². The lowest BCUT2D eigenvalue weighted by molar-refractivity contribution is 0.354. The summed E-state index contributed by atoms with van der Waals surface area (Å²) in [5.74, 6) is -0.180. The van der Waals surface area contributed by atoms with Crippen LogP contribution in [0.3, 0.4) is 0 Å². The summed E-state index contributed by atoms with van der Waals surface area (Å²) in [5.41, 5.74) is 1.85. The van der Waals surface area contributed by atoms with Crippen LogP contribution in [0, 0.1) is 67.5 Å². The number of nitrogens with zero attached hydrogens (tertiary/aromatic N) is 5. The van der Waals surface area contributed by atoms with Gasteiger partial charge >= 0.3 is 0 Å². The van der Waals surface area contributed by atoms with Gasteiger partial charge in [-0.15, -0.1) is 0 Å². The molecule has 1 aliphatic carbocycles. The molecule has 1 saturated carbocycles. The topological polar surface area (TPSA) is 163 Å². The number of ether oxygens (including phenoxy) is 2. The van der Waals surface area contributed by atoms with E-state index in [0.29, 0.717) is 17.1 Å². The molecular formula is C18H12N6O2. The molecule has 0 heterocycles. The predicted octanol–water partition coefficient (Wildman–Crippen LogP) is 1.60. The van der Waals surface area contributed by atoms with Crippen LogP contribution in [0.25, 0.3) is 0 Å². The summed E-state index contributed by atoms with van der Waals surface area (Å²) in [5, 5.41) is 47.2. The van der Waals surface area contributed by atoms with E-state index < -0.39 is 22.3 Å². The standard InChI is InChI=1S/C18H12N6O2/c1-25-13-4-3-11(5-14(13)26-2)15-17(8-21,9-22)18(15,10-23)16(24)12(6-19)7-20/h3-5,15H,24H2,1-2H3/t15-,18-/m1/s1. The average molecular weight is 344 g/mol. The molecule has 0 amide bonds. The minimum Gasteiger partial charge on any atom is -0.493 e. The van der Waals surface area contributed by atoms with Crippen LogP contribution in [0.2, 0.25) is 0 Å². The van der Waals surface area contributed by atoms with Crippen molar-refractivity contribution in [1.29, 1.82) is 26.3 Å². The van der Waals surface area contributed by atoms with Gasteiger partial charge < -0.3 is 15.2 Å². The zero-order valence-corrected chi connectivity index (χ0v) is 13.9. The van der Waals surface area contributed by atoms with E-state index in [1.54, 1.807) is 24.3 Å². The van der Waals surface area contributed by atoms with Gasteiger partial charge in [-0.1, -0.05) is 6.07 Å². The number of methoxy groups -OCH3 is 2. The highest BCUT2D eigenvalue weighted by atomic mass is 16.5. The number of benzene rings is 1. The van der Waals surface area contributed by atoms with Gasteiger partial charge in [0.25, 0.3) is 0 Å². The van der Waals surface area contributed by atoms with Crippen LogP contribution in [0.15, 0.2) is 29.5 Å². The van der Waals surface area contributed by atoms with Crippen molar-refractivity contribution in [3.8, 4) is 41.8 Å². The number of nitriles is 5. The van der Waals surface area contributed by atoms with Crippen LogP contribution in [-0.2, 0) is 0 Å². The fourth-order valence-electron chi connectivity index (χ4n) is 3.26. The quantitative estimate of drug-likeness (QED) is 0.804. The van der Waals surface area contributed by atoms with Crippen molar-refractivity contribution in [2.45, 2.75) is 5.92 Å². The fourth-order valence-corrected chi connectivity index (χ4v) is 3.26. The Labute approximate surface area is 150 Å². The minimum atomic E-state index is -1.83. The lowest BCUT2D eigenvalue weighted by atomic mass is 9.90. The second-order valence-electron chi connectivity index (χ2n) is 5.51. The predicted molar refractivity (Wildman–Crippen MR) is 86.4 cm³/mol. The molecule has 126 valence electrons. The Balaban J connectivity index is 2.78. The van der Waals surface area contributed by atoms with Crippen molar-refractivity contribution < 1.29 is 9.47 Å². The Morgan fingerprint density at radius 2 is 1.54 bits per heavy atom. The number of hydrogen-bond acceptors (Lipinski definition) is 8. The Bertz CT molecular complexity index is 979. The van der Waals surface area contributed by atoms with Crippen molar-refractivity contribution in [1.82, 2.24) is 0 Å². The largest absolute Gasteiger partial charge is 0.493 e. The summed E-state index contributed by atoms with van der Waals surface area (Å²) in [7, 11) is 2.88. The molecule has 0 aromatic heterocycles. The Morgan fingerprint density at radius 1 is 0.962 bits per heavy atom. The third-order valence-corrected chi connectivity index (χ3v) is 4.59. The van der Waals surface area contributed by atoms with Crippen LogP contribution in [0.5, 0.6) is 11.5 Å². The Kier molecular flexibility index (Phi) is 4.45. The van der Waals surface area contributed by atoms with Gasteiger partial charge in [-0.3, -0.25) is 0 Å². The molecule has 1 aliphatic rings. The first kappa shape index (κ1) is 18.2. The minimum absolute atomic E-state index is 0.344. The zero-order valence-electron chi connectivity index (χ0n) is 13.9. The van der Waals surface area contributed by atoms with E-state index in [4.69, 9.17) is 25.7 Å². The first-order chi connectivity index (χ1) is 12.5. The highest BCUT2D eigenvalue weighted by Crippen LogP contribution is 2.76. The van der Waals surface area contributed by atoms with Crippen molar-refractivity contribution in [2.75, 3.05) is 14.2 Å². The zero-order chi connectivity index (χ0) is 19.5. The molecule has 8 nitrogen and oxygen atoms in total. The molecule has 0 saturated heterocycles. The van der Waals surface area contributed by atoms with Crippen LogP contribution < -0.4 is 15.2 Å². The van der Waals surface area contributed by atoms with Gasteiger partial charge in [0.15, 0.2) is 16.9 Å². The maximum absolute atomic E-state index is 9.78. The molecule has 1 fully saturated rings. The number of hydrogen-bond donors (Lipinski definition) is 1. The molecule has 2 atom stereocenters. The van der Waals surface area contributed by atoms with Gasteiger partial charge in [-0.05, 0) is 17.7 Å². The van der Waals surface area contributed by atoms with Crippen molar-refractivity contribution >= 4 is 0 Å². The molecule has 0 bridgehead atoms. The van der Waals surface area contributed by atoms with Gasteiger partial charge in [0, 0.05) is 5.92 Å². The third kappa shape index (κ3) is 2.03. The van der Waals surface area contributed by atoms with Crippen molar-refractivity contribution in [3.05, 3.63) is 35.0 Å². The molecule has 1 aromatic rings. The molecule has 0 aliphatic heterocycles.